The molecule has 1 aromatic heterocycles. The summed E-state index contributed by atoms with van der Waals surface area (Å²) >= 11 is 1.38. The number of esters is 1. The summed E-state index contributed by atoms with van der Waals surface area (Å²) in [6.07, 6.45) is 0.261. The van der Waals surface area contributed by atoms with Crippen molar-refractivity contribution in [2.24, 2.45) is 0 Å². The molecule has 26 heavy (non-hydrogen) atoms. The molecular formula is C20H20N2O3S. The second-order valence-electron chi connectivity index (χ2n) is 5.97. The molecule has 0 radical (unpaired) electrons. The first-order valence-electron chi connectivity index (χ1n) is 8.31. The molecule has 2 aromatic carbocycles. The molecule has 0 unspecified atom stereocenters. The van der Waals surface area contributed by atoms with E-state index in [1.54, 1.807) is 10.6 Å². The van der Waals surface area contributed by atoms with Crippen LogP contribution in [-0.4, -0.2) is 28.4 Å². The van der Waals surface area contributed by atoms with Gasteiger partial charge in [-0.25, -0.2) is 4.98 Å². The Balaban J connectivity index is 2.18. The van der Waals surface area contributed by atoms with Gasteiger partial charge < -0.3 is 4.74 Å². The summed E-state index contributed by atoms with van der Waals surface area (Å²) in [6.45, 7) is 3.96. The smallest absolute Gasteiger partial charge is 0.306 e. The summed E-state index contributed by atoms with van der Waals surface area (Å²) in [4.78, 5) is 29.3. The van der Waals surface area contributed by atoms with Gasteiger partial charge in [0.05, 0.1) is 30.1 Å². The van der Waals surface area contributed by atoms with Crippen molar-refractivity contribution in [2.45, 2.75) is 25.4 Å². The SMILES string of the molecule is COC(=O)CCSc1nc2ccccc2c(=O)n1-c1c(C)cccc1C. The van der Waals surface area contributed by atoms with E-state index >= 15 is 0 Å². The van der Waals surface area contributed by atoms with Gasteiger partial charge in [-0.1, -0.05) is 42.1 Å². The Bertz CT molecular complexity index is 1010. The van der Waals surface area contributed by atoms with Gasteiger partial charge >= 0.3 is 5.97 Å². The van der Waals surface area contributed by atoms with Crippen LogP contribution in [0.2, 0.25) is 0 Å². The van der Waals surface area contributed by atoms with Gasteiger partial charge in [-0.05, 0) is 37.1 Å². The van der Waals surface area contributed by atoms with E-state index in [0.29, 0.717) is 21.8 Å². The predicted molar refractivity (Wildman–Crippen MR) is 104 cm³/mol. The number of thioether (sulfide) groups is 1. The van der Waals surface area contributed by atoms with Gasteiger partial charge in [-0.2, -0.15) is 0 Å². The topological polar surface area (TPSA) is 61.2 Å². The van der Waals surface area contributed by atoms with Gasteiger partial charge in [0.1, 0.15) is 0 Å². The van der Waals surface area contributed by atoms with Crippen LogP contribution in [0.3, 0.4) is 0 Å². The lowest BCUT2D eigenvalue weighted by Crippen LogP contribution is -2.23. The maximum Gasteiger partial charge on any atom is 0.306 e. The minimum Gasteiger partial charge on any atom is -0.469 e. The molecule has 1 heterocycles. The summed E-state index contributed by atoms with van der Waals surface area (Å²) in [5.41, 5.74) is 3.39. The van der Waals surface area contributed by atoms with Crippen molar-refractivity contribution in [3.8, 4) is 5.69 Å². The van der Waals surface area contributed by atoms with E-state index in [-0.39, 0.29) is 17.9 Å². The summed E-state index contributed by atoms with van der Waals surface area (Å²) in [5.74, 6) is 0.210. The van der Waals surface area contributed by atoms with Gasteiger partial charge in [0.15, 0.2) is 5.16 Å². The first kappa shape index (κ1) is 18.2. The molecule has 3 rings (SSSR count). The van der Waals surface area contributed by atoms with Crippen molar-refractivity contribution in [2.75, 3.05) is 12.9 Å². The molecule has 3 aromatic rings. The molecule has 0 aliphatic heterocycles. The molecule has 0 saturated heterocycles. The first-order chi connectivity index (χ1) is 12.5. The van der Waals surface area contributed by atoms with Crippen molar-refractivity contribution >= 4 is 28.6 Å². The molecule has 0 N–H and O–H groups in total. The molecule has 0 amide bonds. The third kappa shape index (κ3) is 3.51. The molecule has 6 heteroatoms. The van der Waals surface area contributed by atoms with Crippen LogP contribution in [-0.2, 0) is 9.53 Å². The van der Waals surface area contributed by atoms with Gasteiger partial charge in [-0.15, -0.1) is 0 Å². The highest BCUT2D eigenvalue weighted by molar-refractivity contribution is 7.99. The second-order valence-corrected chi connectivity index (χ2v) is 7.03. The Morgan fingerprint density at radius 1 is 1.12 bits per heavy atom. The Morgan fingerprint density at radius 2 is 1.81 bits per heavy atom. The van der Waals surface area contributed by atoms with E-state index < -0.39 is 0 Å². The van der Waals surface area contributed by atoms with Crippen molar-refractivity contribution in [3.05, 3.63) is 63.9 Å². The third-order valence-electron chi connectivity index (χ3n) is 4.17. The average molecular weight is 368 g/mol. The Hall–Kier alpha value is -2.60. The van der Waals surface area contributed by atoms with Gasteiger partial charge in [0.25, 0.3) is 5.56 Å². The summed E-state index contributed by atoms with van der Waals surface area (Å²) in [5, 5.41) is 1.16. The number of nitrogens with zero attached hydrogens (tertiary/aromatic N) is 2. The Kier molecular flexibility index (Phi) is 5.42. The molecule has 5 nitrogen and oxygen atoms in total. The molecule has 0 atom stereocenters. The van der Waals surface area contributed by atoms with E-state index in [0.717, 1.165) is 16.8 Å². The minimum atomic E-state index is -0.278. The largest absolute Gasteiger partial charge is 0.469 e. The fraction of sp³-hybridized carbons (Fsp3) is 0.250. The number of fused-ring (bicyclic) bond motifs is 1. The highest BCUT2D eigenvalue weighted by Gasteiger charge is 2.16. The lowest BCUT2D eigenvalue weighted by atomic mass is 10.1. The van der Waals surface area contributed by atoms with Crippen LogP contribution in [0.25, 0.3) is 16.6 Å². The number of aromatic nitrogens is 2. The van der Waals surface area contributed by atoms with Crippen LogP contribution in [0.15, 0.2) is 52.4 Å². The molecule has 0 fully saturated rings. The van der Waals surface area contributed by atoms with Crippen molar-refractivity contribution in [1.29, 1.82) is 0 Å². The number of carbonyl (C=O) groups excluding carboxylic acids is 1. The fourth-order valence-electron chi connectivity index (χ4n) is 2.89. The number of ether oxygens (including phenoxy) is 1. The number of benzene rings is 2. The number of hydrogen-bond acceptors (Lipinski definition) is 5. The predicted octanol–water partition coefficient (Wildman–Crippen LogP) is 3.66. The molecule has 0 aliphatic carbocycles. The highest BCUT2D eigenvalue weighted by atomic mass is 32.2. The molecule has 134 valence electrons. The maximum atomic E-state index is 13.2. The number of rotatable bonds is 5. The normalized spacial score (nSPS) is 10.9. The van der Waals surface area contributed by atoms with Crippen LogP contribution in [0.4, 0.5) is 0 Å². The monoisotopic (exact) mass is 368 g/mol. The third-order valence-corrected chi connectivity index (χ3v) is 5.11. The van der Waals surface area contributed by atoms with Crippen LogP contribution in [0.5, 0.6) is 0 Å². The van der Waals surface area contributed by atoms with Crippen LogP contribution in [0.1, 0.15) is 17.5 Å². The minimum absolute atomic E-state index is 0.103. The lowest BCUT2D eigenvalue weighted by molar-refractivity contribution is -0.140. The molecule has 0 spiro atoms. The zero-order chi connectivity index (χ0) is 18.7. The molecule has 0 bridgehead atoms. The lowest BCUT2D eigenvalue weighted by Gasteiger charge is -2.17. The van der Waals surface area contributed by atoms with E-state index in [2.05, 4.69) is 0 Å². The van der Waals surface area contributed by atoms with Crippen molar-refractivity contribution in [3.63, 3.8) is 0 Å². The zero-order valence-electron chi connectivity index (χ0n) is 15.0. The Labute approximate surface area is 156 Å². The summed E-state index contributed by atoms with van der Waals surface area (Å²) in [6, 6.07) is 13.2. The highest BCUT2D eigenvalue weighted by Crippen LogP contribution is 2.25. The summed E-state index contributed by atoms with van der Waals surface area (Å²) < 4.78 is 6.36. The van der Waals surface area contributed by atoms with E-state index in [4.69, 9.17) is 9.72 Å². The van der Waals surface area contributed by atoms with Crippen molar-refractivity contribution in [1.82, 2.24) is 9.55 Å². The summed E-state index contributed by atoms with van der Waals surface area (Å²) in [7, 11) is 1.37. The first-order valence-corrected chi connectivity index (χ1v) is 9.29. The number of methoxy groups -OCH3 is 1. The fourth-order valence-corrected chi connectivity index (χ4v) is 3.81. The quantitative estimate of drug-likeness (QED) is 0.391. The molecule has 0 saturated carbocycles. The van der Waals surface area contributed by atoms with Crippen LogP contribution < -0.4 is 5.56 Å². The standard InChI is InChI=1S/C20H20N2O3S/c1-13-7-6-8-14(2)18(13)22-19(24)15-9-4-5-10-16(15)21-20(22)26-12-11-17(23)25-3/h4-10H,11-12H2,1-3H3. The number of hydrogen-bond donors (Lipinski definition) is 0. The van der Waals surface area contributed by atoms with E-state index in [1.807, 2.05) is 50.2 Å². The second kappa shape index (κ2) is 7.74. The van der Waals surface area contributed by atoms with Gasteiger partial charge in [0.2, 0.25) is 0 Å². The average Bonchev–Trinajstić information content (AvgIpc) is 2.63. The number of aryl methyl sites for hydroxylation is 2. The Morgan fingerprint density at radius 3 is 2.50 bits per heavy atom. The number of para-hydroxylation sites is 2. The zero-order valence-corrected chi connectivity index (χ0v) is 15.8. The van der Waals surface area contributed by atoms with Crippen molar-refractivity contribution < 1.29 is 9.53 Å². The van der Waals surface area contributed by atoms with Gasteiger partial charge in [0, 0.05) is 5.75 Å². The van der Waals surface area contributed by atoms with Gasteiger partial charge in [-0.3, -0.25) is 14.2 Å². The van der Waals surface area contributed by atoms with Crippen LogP contribution >= 0.6 is 11.8 Å². The molecular weight excluding hydrogens is 348 g/mol. The maximum absolute atomic E-state index is 13.2. The number of carbonyl (C=O) groups is 1. The molecule has 0 aliphatic rings. The van der Waals surface area contributed by atoms with E-state index in [1.165, 1.54) is 18.9 Å². The van der Waals surface area contributed by atoms with Crippen LogP contribution in [0, 0.1) is 13.8 Å². The van der Waals surface area contributed by atoms with E-state index in [9.17, 15) is 9.59 Å².